The molecule has 2 atom stereocenters. The quantitative estimate of drug-likeness (QED) is 0.310. The minimum absolute atomic E-state index is 0.148. The summed E-state index contributed by atoms with van der Waals surface area (Å²) in [6, 6.07) is 1.71. The van der Waals surface area contributed by atoms with Crippen molar-refractivity contribution in [2.45, 2.75) is 65.7 Å². The Labute approximate surface area is 161 Å². The van der Waals surface area contributed by atoms with Crippen LogP contribution in [0.2, 0.25) is 12.1 Å². The molecule has 0 radical (unpaired) electrons. The van der Waals surface area contributed by atoms with Crippen LogP contribution in [0.1, 0.15) is 47.5 Å². The second-order valence-electron chi connectivity index (χ2n) is 6.29. The summed E-state index contributed by atoms with van der Waals surface area (Å²) in [5.74, 6) is 0. The van der Waals surface area contributed by atoms with Crippen LogP contribution in [-0.2, 0) is 26.6 Å². The lowest BCUT2D eigenvalue weighted by Gasteiger charge is -2.28. The molecule has 2 unspecified atom stereocenters. The van der Waals surface area contributed by atoms with Crippen molar-refractivity contribution in [1.82, 2.24) is 5.32 Å². The molecule has 0 amide bonds. The summed E-state index contributed by atoms with van der Waals surface area (Å²) in [7, 11) is -4.93. The molecule has 1 N–H and O–H groups in total. The van der Waals surface area contributed by atoms with Crippen molar-refractivity contribution >= 4 is 17.6 Å². The first-order valence-corrected chi connectivity index (χ1v) is 14.0. The topological polar surface area (TPSA) is 67.4 Å². The van der Waals surface area contributed by atoms with Crippen LogP contribution in [0, 0.1) is 0 Å². The van der Waals surface area contributed by atoms with Crippen molar-refractivity contribution in [2.75, 3.05) is 46.1 Å². The molecule has 1 aliphatic rings. The van der Waals surface area contributed by atoms with Crippen LogP contribution in [0.4, 0.5) is 0 Å². The molecule has 9 heteroatoms. The molecule has 26 heavy (non-hydrogen) atoms. The van der Waals surface area contributed by atoms with Crippen LogP contribution < -0.4 is 5.32 Å². The maximum atomic E-state index is 5.97. The molecule has 7 nitrogen and oxygen atoms in total. The van der Waals surface area contributed by atoms with Crippen molar-refractivity contribution in [1.29, 1.82) is 0 Å². The number of nitrogens with one attached hydrogen (secondary N) is 1. The van der Waals surface area contributed by atoms with Gasteiger partial charge in [0.25, 0.3) is 0 Å². The summed E-state index contributed by atoms with van der Waals surface area (Å²) < 4.78 is 35.3. The van der Waals surface area contributed by atoms with Crippen molar-refractivity contribution in [3.8, 4) is 0 Å². The van der Waals surface area contributed by atoms with Crippen LogP contribution in [0.3, 0.4) is 0 Å². The van der Waals surface area contributed by atoms with E-state index >= 15 is 0 Å². The summed E-state index contributed by atoms with van der Waals surface area (Å²) >= 11 is 0. The summed E-state index contributed by atoms with van der Waals surface area (Å²) in [6.07, 6.45) is 2.11. The molecule has 0 aromatic rings. The van der Waals surface area contributed by atoms with Gasteiger partial charge in [0.15, 0.2) is 0 Å². The van der Waals surface area contributed by atoms with Gasteiger partial charge in [0.1, 0.15) is 0 Å². The van der Waals surface area contributed by atoms with Crippen LogP contribution >= 0.6 is 0 Å². The SMILES string of the molecule is CCO[Si](CCCNCCC[Si]1(OCC)OCC(C)O1)(OCC)OCC. The van der Waals surface area contributed by atoms with E-state index in [9.17, 15) is 0 Å². The fourth-order valence-electron chi connectivity index (χ4n) is 3.10. The predicted molar refractivity (Wildman–Crippen MR) is 106 cm³/mol. The summed E-state index contributed by atoms with van der Waals surface area (Å²) in [6.45, 7) is 15.0. The van der Waals surface area contributed by atoms with Gasteiger partial charge in [-0.05, 0) is 60.5 Å². The van der Waals surface area contributed by atoms with Crippen LogP contribution in [-0.4, -0.2) is 69.8 Å². The lowest BCUT2D eigenvalue weighted by atomic mass is 10.4. The molecule has 1 heterocycles. The maximum Gasteiger partial charge on any atom is 0.501 e. The van der Waals surface area contributed by atoms with E-state index in [4.69, 9.17) is 26.6 Å². The van der Waals surface area contributed by atoms with Gasteiger partial charge in [0.05, 0.1) is 12.7 Å². The van der Waals surface area contributed by atoms with E-state index in [0.717, 1.165) is 38.0 Å². The third kappa shape index (κ3) is 8.45. The van der Waals surface area contributed by atoms with E-state index in [1.54, 1.807) is 0 Å². The normalized spacial score (nSPS) is 23.7. The first-order chi connectivity index (χ1) is 12.6. The largest absolute Gasteiger partial charge is 0.501 e. The lowest BCUT2D eigenvalue weighted by molar-refractivity contribution is 0.0708. The van der Waals surface area contributed by atoms with E-state index in [-0.39, 0.29) is 6.10 Å². The maximum absolute atomic E-state index is 5.97. The second kappa shape index (κ2) is 13.4. The minimum atomic E-state index is -2.51. The Balaban J connectivity index is 2.24. The minimum Gasteiger partial charge on any atom is -0.374 e. The Morgan fingerprint density at radius 3 is 2.08 bits per heavy atom. The molecule has 1 rings (SSSR count). The molecular weight excluding hydrogens is 370 g/mol. The van der Waals surface area contributed by atoms with Gasteiger partial charge in [-0.15, -0.1) is 0 Å². The van der Waals surface area contributed by atoms with Gasteiger partial charge >= 0.3 is 17.6 Å². The third-order valence-electron chi connectivity index (χ3n) is 4.05. The lowest BCUT2D eigenvalue weighted by Crippen LogP contribution is -2.46. The van der Waals surface area contributed by atoms with Crippen molar-refractivity contribution in [2.24, 2.45) is 0 Å². The molecule has 1 saturated heterocycles. The van der Waals surface area contributed by atoms with Crippen LogP contribution in [0.25, 0.3) is 0 Å². The van der Waals surface area contributed by atoms with Crippen molar-refractivity contribution in [3.63, 3.8) is 0 Å². The molecule has 1 aliphatic heterocycles. The highest BCUT2D eigenvalue weighted by Gasteiger charge is 2.46. The standard InChI is InChI=1S/C17H39NO6Si2/c1-6-19-25(20-7-2,21-8-3)14-10-12-18-13-11-15-26(22-9-4)23-16-17(5)24-26/h17-18H,6-16H2,1-5H3. The highest BCUT2D eigenvalue weighted by Crippen LogP contribution is 2.25. The molecule has 0 saturated carbocycles. The van der Waals surface area contributed by atoms with Gasteiger partial charge in [0, 0.05) is 38.5 Å². The zero-order chi connectivity index (χ0) is 19.3. The highest BCUT2D eigenvalue weighted by molar-refractivity contribution is 6.61. The molecule has 156 valence electrons. The van der Waals surface area contributed by atoms with Gasteiger partial charge < -0.3 is 31.9 Å². The van der Waals surface area contributed by atoms with Gasteiger partial charge in [-0.3, -0.25) is 0 Å². The molecular formula is C17H39NO6Si2. The zero-order valence-electron chi connectivity index (χ0n) is 17.3. The fraction of sp³-hybridized carbons (Fsp3) is 1.00. The smallest absolute Gasteiger partial charge is 0.374 e. The average molecular weight is 410 g/mol. The van der Waals surface area contributed by atoms with Crippen molar-refractivity contribution in [3.05, 3.63) is 0 Å². The van der Waals surface area contributed by atoms with E-state index in [1.807, 2.05) is 34.6 Å². The zero-order valence-corrected chi connectivity index (χ0v) is 19.3. The molecule has 0 spiro atoms. The van der Waals surface area contributed by atoms with Gasteiger partial charge in [-0.2, -0.15) is 0 Å². The first-order valence-electron chi connectivity index (χ1n) is 10.1. The summed E-state index contributed by atoms with van der Waals surface area (Å²) in [5, 5.41) is 3.49. The fourth-order valence-corrected chi connectivity index (χ4v) is 8.56. The van der Waals surface area contributed by atoms with E-state index < -0.39 is 17.6 Å². The van der Waals surface area contributed by atoms with E-state index in [2.05, 4.69) is 5.32 Å². The molecule has 1 fully saturated rings. The Hall–Kier alpha value is 0.154. The number of hydrogen-bond donors (Lipinski definition) is 1. The van der Waals surface area contributed by atoms with Crippen LogP contribution in [0.15, 0.2) is 0 Å². The highest BCUT2D eigenvalue weighted by atomic mass is 28.4. The first kappa shape index (κ1) is 24.2. The predicted octanol–water partition coefficient (Wildman–Crippen LogP) is 2.82. The summed E-state index contributed by atoms with van der Waals surface area (Å²) in [5.41, 5.74) is 0. The van der Waals surface area contributed by atoms with E-state index in [1.165, 1.54) is 0 Å². The Morgan fingerprint density at radius 1 is 0.962 bits per heavy atom. The third-order valence-corrected chi connectivity index (χ3v) is 10.3. The average Bonchev–Trinajstić information content (AvgIpc) is 2.96. The van der Waals surface area contributed by atoms with E-state index in [0.29, 0.717) is 33.0 Å². The molecule has 0 bridgehead atoms. The molecule has 0 aliphatic carbocycles. The van der Waals surface area contributed by atoms with Gasteiger partial charge in [-0.1, -0.05) is 0 Å². The number of rotatable bonds is 16. The molecule has 0 aromatic carbocycles. The molecule has 0 aromatic heterocycles. The van der Waals surface area contributed by atoms with Crippen molar-refractivity contribution < 1.29 is 26.6 Å². The Bertz CT molecular complexity index is 345. The Kier molecular flexibility index (Phi) is 12.4. The Morgan fingerprint density at radius 2 is 1.58 bits per heavy atom. The summed E-state index contributed by atoms with van der Waals surface area (Å²) in [4.78, 5) is 0. The van der Waals surface area contributed by atoms with Gasteiger partial charge in [0.2, 0.25) is 0 Å². The monoisotopic (exact) mass is 409 g/mol. The van der Waals surface area contributed by atoms with Gasteiger partial charge in [-0.25, -0.2) is 0 Å². The van der Waals surface area contributed by atoms with Crippen LogP contribution in [0.5, 0.6) is 0 Å². The second-order valence-corrected chi connectivity index (χ2v) is 11.7. The number of hydrogen-bond acceptors (Lipinski definition) is 7.